The van der Waals surface area contributed by atoms with Gasteiger partial charge in [0.1, 0.15) is 4.60 Å². The van der Waals surface area contributed by atoms with E-state index in [0.29, 0.717) is 11.8 Å². The van der Waals surface area contributed by atoms with Crippen molar-refractivity contribution in [3.05, 3.63) is 50.6 Å². The number of aromatic nitrogens is 4. The summed E-state index contributed by atoms with van der Waals surface area (Å²) >= 11 is 3.22. The first-order chi connectivity index (χ1) is 9.40. The van der Waals surface area contributed by atoms with Gasteiger partial charge < -0.3 is 0 Å². The SMILES string of the molecule is CC(C)c1ccc(=O)[nH]n1.CC(C)c1ccc(Br)nn1. The molecule has 0 amide bonds. The normalized spacial score (nSPS) is 10.3. The monoisotopic (exact) mass is 338 g/mol. The van der Waals surface area contributed by atoms with Crippen LogP contribution in [0.3, 0.4) is 0 Å². The van der Waals surface area contributed by atoms with Crippen LogP contribution < -0.4 is 5.56 Å². The van der Waals surface area contributed by atoms with E-state index >= 15 is 0 Å². The van der Waals surface area contributed by atoms with E-state index in [2.05, 4.69) is 50.2 Å². The number of H-pyrrole nitrogens is 1. The molecule has 0 saturated heterocycles. The molecule has 0 aliphatic rings. The summed E-state index contributed by atoms with van der Waals surface area (Å²) in [6, 6.07) is 7.11. The third-order valence-electron chi connectivity index (χ3n) is 2.54. The number of rotatable bonds is 2. The quantitative estimate of drug-likeness (QED) is 0.912. The van der Waals surface area contributed by atoms with Gasteiger partial charge >= 0.3 is 0 Å². The Hall–Kier alpha value is -1.56. The Morgan fingerprint density at radius 2 is 1.55 bits per heavy atom. The first-order valence-electron chi connectivity index (χ1n) is 6.45. The molecule has 5 nitrogen and oxygen atoms in total. The Labute approximate surface area is 127 Å². The van der Waals surface area contributed by atoms with Gasteiger partial charge in [-0.05, 0) is 46.0 Å². The van der Waals surface area contributed by atoms with Gasteiger partial charge in [-0.2, -0.15) is 10.2 Å². The molecular weight excluding hydrogens is 320 g/mol. The van der Waals surface area contributed by atoms with Gasteiger partial charge in [0.25, 0.3) is 5.56 Å². The summed E-state index contributed by atoms with van der Waals surface area (Å²) < 4.78 is 0.789. The lowest BCUT2D eigenvalue weighted by atomic mass is 10.1. The van der Waals surface area contributed by atoms with Gasteiger partial charge in [-0.1, -0.05) is 27.7 Å². The molecule has 0 radical (unpaired) electrons. The van der Waals surface area contributed by atoms with E-state index in [-0.39, 0.29) is 5.56 Å². The maximum Gasteiger partial charge on any atom is 0.264 e. The van der Waals surface area contributed by atoms with Crippen molar-refractivity contribution in [2.45, 2.75) is 39.5 Å². The fourth-order valence-electron chi connectivity index (χ4n) is 1.31. The largest absolute Gasteiger partial charge is 0.268 e. The summed E-state index contributed by atoms with van der Waals surface area (Å²) in [7, 11) is 0. The predicted molar refractivity (Wildman–Crippen MR) is 82.8 cm³/mol. The highest BCUT2D eigenvalue weighted by Crippen LogP contribution is 2.11. The van der Waals surface area contributed by atoms with E-state index in [1.165, 1.54) is 6.07 Å². The fourth-order valence-corrected chi connectivity index (χ4v) is 1.52. The minimum Gasteiger partial charge on any atom is -0.268 e. The van der Waals surface area contributed by atoms with Crippen LogP contribution in [0.25, 0.3) is 0 Å². The molecule has 0 spiro atoms. The molecule has 2 aromatic heterocycles. The zero-order valence-electron chi connectivity index (χ0n) is 12.1. The van der Waals surface area contributed by atoms with Gasteiger partial charge in [0, 0.05) is 6.07 Å². The van der Waals surface area contributed by atoms with Crippen molar-refractivity contribution < 1.29 is 0 Å². The van der Waals surface area contributed by atoms with Gasteiger partial charge in [-0.15, -0.1) is 5.10 Å². The highest BCUT2D eigenvalue weighted by atomic mass is 79.9. The average Bonchev–Trinajstić information content (AvgIpc) is 2.40. The van der Waals surface area contributed by atoms with E-state index in [0.717, 1.165) is 16.0 Å². The molecule has 0 aromatic carbocycles. The summed E-state index contributed by atoms with van der Waals surface area (Å²) in [5.41, 5.74) is 1.80. The molecule has 0 fully saturated rings. The van der Waals surface area contributed by atoms with E-state index in [9.17, 15) is 4.79 Å². The molecule has 0 saturated carbocycles. The van der Waals surface area contributed by atoms with Crippen LogP contribution in [0.1, 0.15) is 50.9 Å². The zero-order chi connectivity index (χ0) is 15.1. The highest BCUT2D eigenvalue weighted by Gasteiger charge is 1.99. The lowest BCUT2D eigenvalue weighted by molar-refractivity contribution is 0.777. The molecule has 108 valence electrons. The van der Waals surface area contributed by atoms with Crippen LogP contribution in [0.4, 0.5) is 0 Å². The molecule has 6 heteroatoms. The molecule has 1 N–H and O–H groups in total. The third-order valence-corrected chi connectivity index (χ3v) is 2.96. The maximum atomic E-state index is 10.5. The number of hydrogen-bond acceptors (Lipinski definition) is 4. The Morgan fingerprint density at radius 3 is 1.95 bits per heavy atom. The first-order valence-corrected chi connectivity index (χ1v) is 7.24. The second-order valence-electron chi connectivity index (χ2n) is 4.94. The van der Waals surface area contributed by atoms with E-state index in [1.807, 2.05) is 26.0 Å². The summed E-state index contributed by atoms with van der Waals surface area (Å²) in [4.78, 5) is 10.5. The summed E-state index contributed by atoms with van der Waals surface area (Å²) in [5, 5.41) is 14.1. The van der Waals surface area contributed by atoms with Crippen LogP contribution in [0.2, 0.25) is 0 Å². The maximum absolute atomic E-state index is 10.5. The van der Waals surface area contributed by atoms with Crippen molar-refractivity contribution in [2.24, 2.45) is 0 Å². The van der Waals surface area contributed by atoms with Crippen molar-refractivity contribution in [3.63, 3.8) is 0 Å². The van der Waals surface area contributed by atoms with E-state index < -0.39 is 0 Å². The van der Waals surface area contributed by atoms with Crippen LogP contribution in [0, 0.1) is 0 Å². The minimum atomic E-state index is -0.149. The summed E-state index contributed by atoms with van der Waals surface area (Å²) in [6.45, 7) is 8.25. The van der Waals surface area contributed by atoms with Crippen LogP contribution >= 0.6 is 15.9 Å². The van der Waals surface area contributed by atoms with Crippen LogP contribution in [0.5, 0.6) is 0 Å². The molecule has 0 atom stereocenters. The van der Waals surface area contributed by atoms with Crippen molar-refractivity contribution in [2.75, 3.05) is 0 Å². The van der Waals surface area contributed by atoms with Crippen molar-refractivity contribution in [1.82, 2.24) is 20.4 Å². The van der Waals surface area contributed by atoms with Gasteiger partial charge in [0.05, 0.1) is 11.4 Å². The van der Waals surface area contributed by atoms with E-state index in [4.69, 9.17) is 0 Å². The van der Waals surface area contributed by atoms with Crippen molar-refractivity contribution >= 4 is 15.9 Å². The predicted octanol–water partition coefficient (Wildman–Crippen LogP) is 3.26. The standard InChI is InChI=1S/C7H9BrN2.C7H10N2O/c1-5(2)6-3-4-7(8)10-9-6;1-5(2)6-3-4-7(10)9-8-6/h3-5H,1-2H3;3-5H,1-2H3,(H,9,10). The molecule has 2 aromatic rings. The fraction of sp³-hybridized carbons (Fsp3) is 0.429. The highest BCUT2D eigenvalue weighted by molar-refractivity contribution is 9.10. The molecule has 0 bridgehead atoms. The Kier molecular flexibility index (Phi) is 6.51. The van der Waals surface area contributed by atoms with Gasteiger partial charge in [-0.25, -0.2) is 5.10 Å². The van der Waals surface area contributed by atoms with Crippen LogP contribution in [-0.2, 0) is 0 Å². The summed E-state index contributed by atoms with van der Waals surface area (Å²) in [5.74, 6) is 0.831. The summed E-state index contributed by atoms with van der Waals surface area (Å²) in [6.07, 6.45) is 0. The van der Waals surface area contributed by atoms with Crippen molar-refractivity contribution in [3.8, 4) is 0 Å². The molecule has 0 aliphatic heterocycles. The van der Waals surface area contributed by atoms with Crippen LogP contribution in [0.15, 0.2) is 33.7 Å². The number of halogens is 1. The van der Waals surface area contributed by atoms with E-state index in [1.54, 1.807) is 6.07 Å². The Morgan fingerprint density at radius 1 is 0.950 bits per heavy atom. The lowest BCUT2D eigenvalue weighted by Gasteiger charge is -2.00. The zero-order valence-corrected chi connectivity index (χ0v) is 13.7. The second-order valence-corrected chi connectivity index (χ2v) is 5.75. The average molecular weight is 339 g/mol. The molecule has 2 rings (SSSR count). The number of nitrogens with zero attached hydrogens (tertiary/aromatic N) is 3. The number of aromatic amines is 1. The molecule has 2 heterocycles. The van der Waals surface area contributed by atoms with Crippen molar-refractivity contribution in [1.29, 1.82) is 0 Å². The minimum absolute atomic E-state index is 0.149. The molecular formula is C14H19BrN4O. The molecule has 0 aliphatic carbocycles. The Bertz CT molecular complexity index is 558. The second kappa shape index (κ2) is 7.89. The van der Waals surface area contributed by atoms with Gasteiger partial charge in [0.2, 0.25) is 0 Å². The van der Waals surface area contributed by atoms with Gasteiger partial charge in [-0.3, -0.25) is 4.79 Å². The Balaban J connectivity index is 0.000000200. The molecule has 20 heavy (non-hydrogen) atoms. The molecule has 0 unspecified atom stereocenters. The topological polar surface area (TPSA) is 71.5 Å². The third kappa shape index (κ3) is 5.61. The number of nitrogens with one attached hydrogen (secondary N) is 1. The number of hydrogen-bond donors (Lipinski definition) is 1. The lowest BCUT2D eigenvalue weighted by Crippen LogP contribution is -2.07. The van der Waals surface area contributed by atoms with Gasteiger partial charge in [0.15, 0.2) is 0 Å². The van der Waals surface area contributed by atoms with Crippen LogP contribution in [-0.4, -0.2) is 20.4 Å². The first kappa shape index (κ1) is 16.5. The smallest absolute Gasteiger partial charge is 0.264 e.